The van der Waals surface area contributed by atoms with Crippen LogP contribution in [0.25, 0.3) is 0 Å². The van der Waals surface area contributed by atoms with Crippen molar-refractivity contribution in [3.05, 3.63) is 22.7 Å². The number of nitrogens with zero attached hydrogens (tertiary/aromatic N) is 2. The third-order valence-electron chi connectivity index (χ3n) is 4.11. The van der Waals surface area contributed by atoms with Gasteiger partial charge in [0, 0.05) is 13.1 Å². The van der Waals surface area contributed by atoms with Crippen molar-refractivity contribution >= 4 is 17.6 Å². The SMILES string of the molecule is CCOc1c(Cl)cc(CN=C(N)N2CCC(C)CC2)cc1OC. The molecule has 2 N–H and O–H groups in total. The van der Waals surface area contributed by atoms with Crippen LogP contribution in [0.2, 0.25) is 5.02 Å². The topological polar surface area (TPSA) is 60.1 Å². The molecule has 0 saturated carbocycles. The zero-order chi connectivity index (χ0) is 16.8. The number of nitrogens with two attached hydrogens (primary N) is 1. The molecule has 0 aliphatic carbocycles. The first-order chi connectivity index (χ1) is 11.0. The largest absolute Gasteiger partial charge is 0.493 e. The van der Waals surface area contributed by atoms with Gasteiger partial charge in [-0.05, 0) is 43.4 Å². The molecule has 5 nitrogen and oxygen atoms in total. The van der Waals surface area contributed by atoms with E-state index in [0.29, 0.717) is 35.6 Å². The van der Waals surface area contributed by atoms with Gasteiger partial charge in [-0.2, -0.15) is 0 Å². The first-order valence-electron chi connectivity index (χ1n) is 8.09. The second kappa shape index (κ2) is 8.29. The zero-order valence-corrected chi connectivity index (χ0v) is 14.9. The van der Waals surface area contributed by atoms with Crippen molar-refractivity contribution in [2.24, 2.45) is 16.6 Å². The Morgan fingerprint density at radius 1 is 1.39 bits per heavy atom. The summed E-state index contributed by atoms with van der Waals surface area (Å²) in [5, 5.41) is 0.529. The van der Waals surface area contributed by atoms with E-state index in [1.54, 1.807) is 7.11 Å². The Morgan fingerprint density at radius 3 is 2.70 bits per heavy atom. The number of halogens is 1. The fraction of sp³-hybridized carbons (Fsp3) is 0.588. The highest BCUT2D eigenvalue weighted by molar-refractivity contribution is 6.32. The van der Waals surface area contributed by atoms with Gasteiger partial charge in [-0.15, -0.1) is 0 Å². The lowest BCUT2D eigenvalue weighted by Gasteiger charge is -2.31. The predicted molar refractivity (Wildman–Crippen MR) is 94.5 cm³/mol. The van der Waals surface area contributed by atoms with Crippen LogP contribution in [0, 0.1) is 5.92 Å². The molecular formula is C17H26ClN3O2. The smallest absolute Gasteiger partial charge is 0.191 e. The lowest BCUT2D eigenvalue weighted by molar-refractivity contribution is 0.277. The van der Waals surface area contributed by atoms with Crippen LogP contribution in [0.3, 0.4) is 0 Å². The number of piperidine rings is 1. The van der Waals surface area contributed by atoms with Crippen molar-refractivity contribution < 1.29 is 9.47 Å². The summed E-state index contributed by atoms with van der Waals surface area (Å²) in [4.78, 5) is 6.65. The van der Waals surface area contributed by atoms with Gasteiger partial charge in [-0.3, -0.25) is 0 Å². The maximum Gasteiger partial charge on any atom is 0.191 e. The number of methoxy groups -OCH3 is 1. The highest BCUT2D eigenvalue weighted by atomic mass is 35.5. The summed E-state index contributed by atoms with van der Waals surface area (Å²) in [5.74, 6) is 2.56. The summed E-state index contributed by atoms with van der Waals surface area (Å²) >= 11 is 6.28. The first kappa shape index (κ1) is 17.7. The van der Waals surface area contributed by atoms with Gasteiger partial charge in [0.1, 0.15) is 0 Å². The fourth-order valence-corrected chi connectivity index (χ4v) is 2.95. The average molecular weight is 340 g/mol. The minimum Gasteiger partial charge on any atom is -0.493 e. The van der Waals surface area contributed by atoms with Crippen molar-refractivity contribution in [2.75, 3.05) is 26.8 Å². The third-order valence-corrected chi connectivity index (χ3v) is 4.39. The standard InChI is InChI=1S/C17H26ClN3O2/c1-4-23-16-14(18)9-13(10-15(16)22-3)11-20-17(19)21-7-5-12(2)6-8-21/h9-10,12H,4-8,11H2,1-3H3,(H2,19,20). The van der Waals surface area contributed by atoms with Crippen LogP contribution in [0.1, 0.15) is 32.3 Å². The fourth-order valence-electron chi connectivity index (χ4n) is 2.66. The van der Waals surface area contributed by atoms with Crippen LogP contribution in [0.4, 0.5) is 0 Å². The number of hydrogen-bond acceptors (Lipinski definition) is 3. The summed E-state index contributed by atoms with van der Waals surface area (Å²) in [7, 11) is 1.60. The number of guanidine groups is 1. The Balaban J connectivity index is 2.07. The summed E-state index contributed by atoms with van der Waals surface area (Å²) in [6, 6.07) is 3.75. The van der Waals surface area contributed by atoms with E-state index in [0.717, 1.165) is 24.6 Å². The number of rotatable bonds is 5. The molecule has 1 saturated heterocycles. The molecule has 1 fully saturated rings. The summed E-state index contributed by atoms with van der Waals surface area (Å²) < 4.78 is 10.9. The van der Waals surface area contributed by atoms with Gasteiger partial charge in [0.25, 0.3) is 0 Å². The van der Waals surface area contributed by atoms with Gasteiger partial charge >= 0.3 is 0 Å². The van der Waals surface area contributed by atoms with Gasteiger partial charge in [-0.1, -0.05) is 18.5 Å². The van der Waals surface area contributed by atoms with E-state index >= 15 is 0 Å². The van der Waals surface area contributed by atoms with E-state index < -0.39 is 0 Å². The molecule has 1 aliphatic rings. The Labute approximate surface area is 143 Å². The Kier molecular flexibility index (Phi) is 6.39. The molecular weight excluding hydrogens is 314 g/mol. The van der Waals surface area contributed by atoms with Gasteiger partial charge in [0.15, 0.2) is 17.5 Å². The molecule has 0 bridgehead atoms. The van der Waals surface area contributed by atoms with Crippen molar-refractivity contribution in [3.63, 3.8) is 0 Å². The monoisotopic (exact) mass is 339 g/mol. The highest BCUT2D eigenvalue weighted by Gasteiger charge is 2.17. The molecule has 0 radical (unpaired) electrons. The van der Waals surface area contributed by atoms with Crippen LogP contribution in [-0.4, -0.2) is 37.7 Å². The van der Waals surface area contributed by atoms with Crippen molar-refractivity contribution in [2.45, 2.75) is 33.2 Å². The molecule has 0 atom stereocenters. The van der Waals surface area contributed by atoms with Crippen LogP contribution in [0.15, 0.2) is 17.1 Å². The maximum atomic E-state index is 6.28. The molecule has 1 heterocycles. The Hall–Kier alpha value is -1.62. The minimum atomic E-state index is 0.473. The van der Waals surface area contributed by atoms with E-state index in [4.69, 9.17) is 26.8 Å². The Morgan fingerprint density at radius 2 is 2.09 bits per heavy atom. The number of aliphatic imine (C=N–C) groups is 1. The predicted octanol–water partition coefficient (Wildman–Crippen LogP) is 3.29. The molecule has 23 heavy (non-hydrogen) atoms. The highest BCUT2D eigenvalue weighted by Crippen LogP contribution is 2.36. The van der Waals surface area contributed by atoms with Gasteiger partial charge < -0.3 is 20.1 Å². The second-order valence-electron chi connectivity index (χ2n) is 5.89. The zero-order valence-electron chi connectivity index (χ0n) is 14.1. The van der Waals surface area contributed by atoms with E-state index in [1.807, 2.05) is 19.1 Å². The molecule has 0 amide bonds. The van der Waals surface area contributed by atoms with Crippen molar-refractivity contribution in [1.82, 2.24) is 4.90 Å². The third kappa shape index (κ3) is 4.67. The summed E-state index contributed by atoms with van der Waals surface area (Å²) in [6.07, 6.45) is 2.33. The van der Waals surface area contributed by atoms with Crippen LogP contribution >= 0.6 is 11.6 Å². The van der Waals surface area contributed by atoms with Crippen LogP contribution < -0.4 is 15.2 Å². The number of ether oxygens (including phenoxy) is 2. The van der Waals surface area contributed by atoms with Gasteiger partial charge in [-0.25, -0.2) is 4.99 Å². The Bertz CT molecular complexity index is 555. The van der Waals surface area contributed by atoms with E-state index in [-0.39, 0.29) is 0 Å². The van der Waals surface area contributed by atoms with E-state index in [1.165, 1.54) is 12.8 Å². The minimum absolute atomic E-state index is 0.473. The molecule has 6 heteroatoms. The molecule has 0 spiro atoms. The average Bonchev–Trinajstić information content (AvgIpc) is 2.55. The molecule has 0 aromatic heterocycles. The molecule has 128 valence electrons. The van der Waals surface area contributed by atoms with Gasteiger partial charge in [0.2, 0.25) is 0 Å². The van der Waals surface area contributed by atoms with Gasteiger partial charge in [0.05, 0.1) is 25.3 Å². The molecule has 2 rings (SSSR count). The first-order valence-corrected chi connectivity index (χ1v) is 8.47. The number of likely N-dealkylation sites (tertiary alicyclic amines) is 1. The molecule has 1 aromatic carbocycles. The lowest BCUT2D eigenvalue weighted by atomic mass is 10.00. The second-order valence-corrected chi connectivity index (χ2v) is 6.29. The molecule has 0 unspecified atom stereocenters. The number of hydrogen-bond donors (Lipinski definition) is 1. The number of benzene rings is 1. The normalized spacial score (nSPS) is 16.5. The van der Waals surface area contributed by atoms with E-state index in [2.05, 4.69) is 16.8 Å². The van der Waals surface area contributed by atoms with Crippen molar-refractivity contribution in [3.8, 4) is 11.5 Å². The van der Waals surface area contributed by atoms with Crippen LogP contribution in [0.5, 0.6) is 11.5 Å². The van der Waals surface area contributed by atoms with Crippen LogP contribution in [-0.2, 0) is 6.54 Å². The molecule has 1 aromatic rings. The molecule has 1 aliphatic heterocycles. The summed E-state index contributed by atoms with van der Waals surface area (Å²) in [5.41, 5.74) is 7.06. The van der Waals surface area contributed by atoms with E-state index in [9.17, 15) is 0 Å². The van der Waals surface area contributed by atoms with Crippen molar-refractivity contribution in [1.29, 1.82) is 0 Å². The maximum absolute atomic E-state index is 6.28. The summed E-state index contributed by atoms with van der Waals surface area (Å²) in [6.45, 7) is 7.15. The quantitative estimate of drug-likeness (QED) is 0.660. The lowest BCUT2D eigenvalue weighted by Crippen LogP contribution is -2.42.